The fraction of sp³-hybridized carbons (Fsp3) is 0.267. The molecule has 0 aliphatic carbocycles. The van der Waals surface area contributed by atoms with E-state index in [1.54, 1.807) is 19.9 Å². The van der Waals surface area contributed by atoms with Crippen LogP contribution in [0.5, 0.6) is 0 Å². The molecule has 6 heteroatoms. The summed E-state index contributed by atoms with van der Waals surface area (Å²) < 4.78 is 43.7. The first-order valence-corrected chi connectivity index (χ1v) is 7.09. The van der Waals surface area contributed by atoms with Gasteiger partial charge in [0, 0.05) is 15.7 Å². The smallest absolute Gasteiger partial charge is 0.416 e. The average molecular weight is 314 g/mol. The van der Waals surface area contributed by atoms with Crippen molar-refractivity contribution in [3.05, 3.63) is 40.3 Å². The Morgan fingerprint density at radius 2 is 2.10 bits per heavy atom. The van der Waals surface area contributed by atoms with Crippen molar-refractivity contribution >= 4 is 33.5 Å². The first-order chi connectivity index (χ1) is 9.82. The molecule has 0 bridgehead atoms. The van der Waals surface area contributed by atoms with E-state index in [0.29, 0.717) is 5.39 Å². The van der Waals surface area contributed by atoms with E-state index in [-0.39, 0.29) is 6.61 Å². The predicted molar refractivity (Wildman–Crippen MR) is 77.2 cm³/mol. The van der Waals surface area contributed by atoms with Crippen LogP contribution in [0.4, 0.5) is 13.2 Å². The number of aryl methyl sites for hydroxylation is 1. The quantitative estimate of drug-likeness (QED) is 0.600. The summed E-state index contributed by atoms with van der Waals surface area (Å²) in [6.07, 6.45) is -1.50. The third-order valence-electron chi connectivity index (χ3n) is 2.96. The Labute approximate surface area is 123 Å². The molecule has 2 aromatic rings. The van der Waals surface area contributed by atoms with Gasteiger partial charge in [-0.2, -0.15) is 13.2 Å². The number of fused-ring (bicyclic) bond motifs is 1. The van der Waals surface area contributed by atoms with E-state index in [0.717, 1.165) is 27.3 Å². The molecule has 2 nitrogen and oxygen atoms in total. The number of ether oxygens (including phenoxy) is 1. The molecule has 1 heterocycles. The Hall–Kier alpha value is -1.82. The van der Waals surface area contributed by atoms with Crippen molar-refractivity contribution in [2.75, 3.05) is 6.61 Å². The number of hydrogen-bond acceptors (Lipinski definition) is 3. The van der Waals surface area contributed by atoms with E-state index in [2.05, 4.69) is 0 Å². The highest BCUT2D eigenvalue weighted by atomic mass is 32.1. The highest BCUT2D eigenvalue weighted by Gasteiger charge is 2.30. The van der Waals surface area contributed by atoms with Gasteiger partial charge in [0.25, 0.3) is 0 Å². The van der Waals surface area contributed by atoms with Crippen molar-refractivity contribution in [1.82, 2.24) is 0 Å². The van der Waals surface area contributed by atoms with Crippen LogP contribution in [-0.2, 0) is 15.7 Å². The van der Waals surface area contributed by atoms with Gasteiger partial charge in [-0.05, 0) is 49.1 Å². The Morgan fingerprint density at radius 1 is 1.38 bits per heavy atom. The maximum absolute atomic E-state index is 12.7. The van der Waals surface area contributed by atoms with Gasteiger partial charge in [0.1, 0.15) is 0 Å². The lowest BCUT2D eigenvalue weighted by Gasteiger charge is -2.06. The average Bonchev–Trinajstić information content (AvgIpc) is 2.72. The van der Waals surface area contributed by atoms with Gasteiger partial charge in [0.05, 0.1) is 12.2 Å². The maximum Gasteiger partial charge on any atom is 0.416 e. The molecule has 1 aromatic carbocycles. The van der Waals surface area contributed by atoms with Crippen LogP contribution >= 0.6 is 11.3 Å². The fourth-order valence-electron chi connectivity index (χ4n) is 1.91. The Morgan fingerprint density at radius 3 is 2.71 bits per heavy atom. The van der Waals surface area contributed by atoms with Crippen LogP contribution in [0.3, 0.4) is 0 Å². The molecule has 0 saturated heterocycles. The largest absolute Gasteiger partial charge is 0.463 e. The molecule has 0 radical (unpaired) electrons. The number of rotatable bonds is 3. The minimum atomic E-state index is -4.36. The maximum atomic E-state index is 12.7. The van der Waals surface area contributed by atoms with Crippen LogP contribution in [0.25, 0.3) is 16.2 Å². The molecule has 0 atom stereocenters. The lowest BCUT2D eigenvalue weighted by molar-refractivity contribution is -0.138. The van der Waals surface area contributed by atoms with Crippen LogP contribution in [0.2, 0.25) is 0 Å². The van der Waals surface area contributed by atoms with E-state index < -0.39 is 17.7 Å². The minimum Gasteiger partial charge on any atom is -0.463 e. The van der Waals surface area contributed by atoms with Gasteiger partial charge in [-0.1, -0.05) is 0 Å². The van der Waals surface area contributed by atoms with Crippen molar-refractivity contribution in [3.8, 4) is 0 Å². The summed E-state index contributed by atoms with van der Waals surface area (Å²) >= 11 is 1.34. The topological polar surface area (TPSA) is 26.3 Å². The van der Waals surface area contributed by atoms with Gasteiger partial charge in [-0.3, -0.25) is 0 Å². The molecule has 1 aromatic heterocycles. The van der Waals surface area contributed by atoms with Crippen molar-refractivity contribution in [3.63, 3.8) is 0 Å². The van der Waals surface area contributed by atoms with Gasteiger partial charge >= 0.3 is 12.1 Å². The summed E-state index contributed by atoms with van der Waals surface area (Å²) in [5, 5.41) is 0.554. The van der Waals surface area contributed by atoms with E-state index in [1.807, 2.05) is 0 Å². The first-order valence-electron chi connectivity index (χ1n) is 6.28. The zero-order chi connectivity index (χ0) is 15.6. The summed E-state index contributed by atoms with van der Waals surface area (Å²) in [4.78, 5) is 12.0. The second-order valence-electron chi connectivity index (χ2n) is 4.39. The summed E-state index contributed by atoms with van der Waals surface area (Å²) in [6.45, 7) is 3.72. The van der Waals surface area contributed by atoms with Crippen LogP contribution in [0.15, 0.2) is 24.3 Å². The normalized spacial score (nSPS) is 12.2. The monoisotopic (exact) mass is 314 g/mol. The Kier molecular flexibility index (Phi) is 4.37. The van der Waals surface area contributed by atoms with Crippen molar-refractivity contribution in [1.29, 1.82) is 0 Å². The third-order valence-corrected chi connectivity index (χ3v) is 4.20. The summed E-state index contributed by atoms with van der Waals surface area (Å²) in [5.74, 6) is -0.467. The molecule has 0 spiro atoms. The predicted octanol–water partition coefficient (Wildman–Crippen LogP) is 4.80. The second-order valence-corrected chi connectivity index (χ2v) is 5.47. The number of thiophene rings is 1. The Balaban J connectivity index is 2.40. The van der Waals surface area contributed by atoms with Crippen molar-refractivity contribution < 1.29 is 22.7 Å². The number of carbonyl (C=O) groups is 1. The molecule has 0 amide bonds. The second kappa shape index (κ2) is 5.89. The molecule has 0 saturated carbocycles. The van der Waals surface area contributed by atoms with Gasteiger partial charge in [0.15, 0.2) is 0 Å². The van der Waals surface area contributed by atoms with Crippen LogP contribution in [-0.4, -0.2) is 12.6 Å². The Bertz CT molecular complexity index is 699. The van der Waals surface area contributed by atoms with Gasteiger partial charge in [0.2, 0.25) is 0 Å². The molecular formula is C15H13F3O2S. The number of esters is 1. The van der Waals surface area contributed by atoms with Crippen LogP contribution < -0.4 is 0 Å². The molecule has 0 unspecified atom stereocenters. The zero-order valence-electron chi connectivity index (χ0n) is 11.5. The minimum absolute atomic E-state index is 0.281. The number of halogens is 3. The molecule has 0 aliphatic heterocycles. The molecule has 112 valence electrons. The van der Waals surface area contributed by atoms with Crippen molar-refractivity contribution in [2.24, 2.45) is 0 Å². The summed E-state index contributed by atoms with van der Waals surface area (Å²) in [7, 11) is 0. The molecule has 2 rings (SSSR count). The van der Waals surface area contributed by atoms with Crippen molar-refractivity contribution in [2.45, 2.75) is 20.0 Å². The van der Waals surface area contributed by atoms with Crippen LogP contribution in [0.1, 0.15) is 22.9 Å². The standard InChI is InChI=1S/C15H13F3O2S/c1-3-20-14(19)7-6-12-9(2)11-8-10(15(16,17)18)4-5-13(11)21-12/h4-8H,3H2,1-2H3. The van der Waals surface area contributed by atoms with E-state index >= 15 is 0 Å². The van der Waals surface area contributed by atoms with Gasteiger partial charge < -0.3 is 4.74 Å². The summed E-state index contributed by atoms with van der Waals surface area (Å²) in [6, 6.07) is 3.66. The highest BCUT2D eigenvalue weighted by Crippen LogP contribution is 2.37. The first kappa shape index (κ1) is 15.6. The van der Waals surface area contributed by atoms with E-state index in [9.17, 15) is 18.0 Å². The molecule has 0 N–H and O–H groups in total. The zero-order valence-corrected chi connectivity index (χ0v) is 12.3. The van der Waals surface area contributed by atoms with E-state index in [4.69, 9.17) is 4.74 Å². The van der Waals surface area contributed by atoms with E-state index in [1.165, 1.54) is 23.5 Å². The lowest BCUT2D eigenvalue weighted by atomic mass is 10.1. The SMILES string of the molecule is CCOC(=O)C=Cc1sc2ccc(C(F)(F)F)cc2c1C. The van der Waals surface area contributed by atoms with Gasteiger partial charge in [-0.25, -0.2) is 4.79 Å². The number of carbonyl (C=O) groups excluding carboxylic acids is 1. The van der Waals surface area contributed by atoms with Gasteiger partial charge in [-0.15, -0.1) is 11.3 Å². The number of hydrogen-bond donors (Lipinski definition) is 0. The summed E-state index contributed by atoms with van der Waals surface area (Å²) in [5.41, 5.74) is 0.0541. The van der Waals surface area contributed by atoms with Crippen LogP contribution in [0, 0.1) is 6.92 Å². The third kappa shape index (κ3) is 3.44. The number of benzene rings is 1. The molecule has 0 fully saturated rings. The molecular weight excluding hydrogens is 301 g/mol. The fourth-order valence-corrected chi connectivity index (χ4v) is 3.00. The molecule has 21 heavy (non-hydrogen) atoms. The highest BCUT2D eigenvalue weighted by molar-refractivity contribution is 7.20. The lowest BCUT2D eigenvalue weighted by Crippen LogP contribution is -2.03. The number of alkyl halides is 3. The molecule has 0 aliphatic rings.